The number of nitrogens with one attached hydrogen (secondary N) is 1. The van der Waals surface area contributed by atoms with Crippen LogP contribution in [-0.2, 0) is 4.74 Å². The first-order chi connectivity index (χ1) is 3.91. The maximum absolute atomic E-state index is 5.00. The van der Waals surface area contributed by atoms with Crippen LogP contribution in [0.15, 0.2) is 0 Å². The lowest BCUT2D eigenvalue weighted by Gasteiger charge is -2.23. The normalized spacial score (nSPS) is 44.0. The number of ether oxygens (including phenoxy) is 1. The van der Waals surface area contributed by atoms with E-state index in [-0.39, 0.29) is 0 Å². The molecule has 0 amide bonds. The summed E-state index contributed by atoms with van der Waals surface area (Å²) in [5.74, 6) is 0. The van der Waals surface area contributed by atoms with E-state index in [1.165, 1.54) is 13.0 Å². The van der Waals surface area contributed by atoms with Crippen LogP contribution in [0.2, 0.25) is 0 Å². The van der Waals surface area contributed by atoms with Crippen LogP contribution in [0.3, 0.4) is 0 Å². The molecule has 0 bridgehead atoms. The topological polar surface area (TPSA) is 21.3 Å². The molecule has 44 valence electrons. The highest BCUT2D eigenvalue weighted by molar-refractivity contribution is 4.99. The first kappa shape index (κ1) is 4.65. The second kappa shape index (κ2) is 1.39. The zero-order valence-electron chi connectivity index (χ0n) is 4.81. The Morgan fingerprint density at radius 1 is 1.62 bits per heavy atom. The largest absolute Gasteiger partial charge is 0.312 e. The summed E-state index contributed by atoms with van der Waals surface area (Å²) >= 11 is 0. The standard InChI is InChI=1S/C6H10NO/c1-2-7-3-6(1)4-8-5-6/h4,7H,1-3,5H2/q+1. The van der Waals surface area contributed by atoms with Gasteiger partial charge in [-0.25, -0.2) is 0 Å². The maximum atomic E-state index is 5.00. The van der Waals surface area contributed by atoms with E-state index in [9.17, 15) is 0 Å². The van der Waals surface area contributed by atoms with Gasteiger partial charge in [-0.15, -0.1) is 0 Å². The summed E-state index contributed by atoms with van der Waals surface area (Å²) < 4.78 is 5.00. The summed E-state index contributed by atoms with van der Waals surface area (Å²) in [5.41, 5.74) is 0.458. The molecule has 2 heterocycles. The molecule has 0 aliphatic carbocycles. The van der Waals surface area contributed by atoms with Gasteiger partial charge in [0.25, 0.3) is 0 Å². The average Bonchev–Trinajstić information content (AvgIpc) is 2.07. The van der Waals surface area contributed by atoms with Crippen molar-refractivity contribution >= 4 is 0 Å². The highest BCUT2D eigenvalue weighted by Gasteiger charge is 2.52. The molecule has 2 aliphatic heterocycles. The highest BCUT2D eigenvalue weighted by Crippen LogP contribution is 2.36. The highest BCUT2D eigenvalue weighted by atomic mass is 16.5. The van der Waals surface area contributed by atoms with Gasteiger partial charge < -0.3 is 5.32 Å². The van der Waals surface area contributed by atoms with Crippen molar-refractivity contribution in [1.82, 2.24) is 5.32 Å². The van der Waals surface area contributed by atoms with Gasteiger partial charge in [-0.1, -0.05) is 0 Å². The maximum Gasteiger partial charge on any atom is 0.237 e. The molecule has 1 spiro atoms. The Balaban J connectivity index is 2.01. The molecule has 1 unspecified atom stereocenters. The van der Waals surface area contributed by atoms with Crippen LogP contribution in [0.5, 0.6) is 0 Å². The minimum Gasteiger partial charge on any atom is -0.312 e. The Labute approximate surface area is 49.2 Å². The van der Waals surface area contributed by atoms with Gasteiger partial charge in [0.2, 0.25) is 6.61 Å². The van der Waals surface area contributed by atoms with Crippen LogP contribution >= 0.6 is 0 Å². The fourth-order valence-electron chi connectivity index (χ4n) is 1.31. The summed E-state index contributed by atoms with van der Waals surface area (Å²) in [4.78, 5) is 0. The van der Waals surface area contributed by atoms with Crippen LogP contribution in [-0.4, -0.2) is 19.7 Å². The lowest BCUT2D eigenvalue weighted by Crippen LogP contribution is -2.39. The second-order valence-electron chi connectivity index (χ2n) is 2.72. The monoisotopic (exact) mass is 112 g/mol. The minimum atomic E-state index is 0.458. The summed E-state index contributed by atoms with van der Waals surface area (Å²) in [6.07, 6.45) is 1.27. The molecular weight excluding hydrogens is 102 g/mol. The fraction of sp³-hybridized carbons (Fsp3) is 0.833. The summed E-state index contributed by atoms with van der Waals surface area (Å²) in [6.45, 7) is 5.22. The Morgan fingerprint density at radius 2 is 2.50 bits per heavy atom. The van der Waals surface area contributed by atoms with Gasteiger partial charge in [0.05, 0.1) is 0 Å². The van der Waals surface area contributed by atoms with Crippen LogP contribution in [0.25, 0.3) is 0 Å². The quantitative estimate of drug-likeness (QED) is 0.451. The van der Waals surface area contributed by atoms with E-state index >= 15 is 0 Å². The van der Waals surface area contributed by atoms with Crippen molar-refractivity contribution in [2.24, 2.45) is 5.41 Å². The Hall–Kier alpha value is -0.210. The minimum absolute atomic E-state index is 0.458. The SMILES string of the molecule is [CH+]1OCC12CCNC2. The van der Waals surface area contributed by atoms with Gasteiger partial charge in [-0.05, 0) is 0 Å². The van der Waals surface area contributed by atoms with Crippen molar-refractivity contribution in [2.45, 2.75) is 6.42 Å². The van der Waals surface area contributed by atoms with E-state index in [0.717, 1.165) is 13.2 Å². The molecule has 2 rings (SSSR count). The van der Waals surface area contributed by atoms with Gasteiger partial charge in [0, 0.05) is 19.5 Å². The first-order valence-electron chi connectivity index (χ1n) is 3.08. The van der Waals surface area contributed by atoms with Gasteiger partial charge >= 0.3 is 0 Å². The third-order valence-corrected chi connectivity index (χ3v) is 1.98. The van der Waals surface area contributed by atoms with Gasteiger partial charge in [0.1, 0.15) is 6.61 Å². The van der Waals surface area contributed by atoms with E-state index in [1.807, 2.05) is 6.61 Å². The third kappa shape index (κ3) is 0.471. The molecule has 1 N–H and O–H groups in total. The Morgan fingerprint density at radius 3 is 2.75 bits per heavy atom. The predicted molar refractivity (Wildman–Crippen MR) is 30.2 cm³/mol. The number of hydrogen-bond acceptors (Lipinski definition) is 2. The lowest BCUT2D eigenvalue weighted by atomic mass is 9.86. The lowest BCUT2D eigenvalue weighted by molar-refractivity contribution is -0.0350. The van der Waals surface area contributed by atoms with Crippen LogP contribution in [0.4, 0.5) is 0 Å². The summed E-state index contributed by atoms with van der Waals surface area (Å²) in [5, 5.41) is 3.30. The van der Waals surface area contributed by atoms with E-state index in [2.05, 4.69) is 5.32 Å². The van der Waals surface area contributed by atoms with Crippen molar-refractivity contribution in [3.05, 3.63) is 6.61 Å². The molecule has 1 atom stereocenters. The molecule has 0 aromatic heterocycles. The number of rotatable bonds is 0. The van der Waals surface area contributed by atoms with Gasteiger partial charge in [-0.2, -0.15) is 4.74 Å². The van der Waals surface area contributed by atoms with Crippen molar-refractivity contribution < 1.29 is 4.74 Å². The molecule has 8 heavy (non-hydrogen) atoms. The van der Waals surface area contributed by atoms with Gasteiger partial charge in [0.15, 0.2) is 5.41 Å². The van der Waals surface area contributed by atoms with E-state index < -0.39 is 0 Å². The summed E-state index contributed by atoms with van der Waals surface area (Å²) in [6, 6.07) is 0. The smallest absolute Gasteiger partial charge is 0.237 e. The van der Waals surface area contributed by atoms with Crippen molar-refractivity contribution in [3.63, 3.8) is 0 Å². The molecule has 0 saturated carbocycles. The van der Waals surface area contributed by atoms with Crippen molar-refractivity contribution in [2.75, 3.05) is 19.7 Å². The molecule has 2 saturated heterocycles. The van der Waals surface area contributed by atoms with E-state index in [0.29, 0.717) is 5.41 Å². The van der Waals surface area contributed by atoms with Crippen LogP contribution < -0.4 is 5.32 Å². The van der Waals surface area contributed by atoms with Crippen molar-refractivity contribution in [3.8, 4) is 0 Å². The first-order valence-corrected chi connectivity index (χ1v) is 3.08. The number of hydrogen-bond donors (Lipinski definition) is 1. The molecule has 2 fully saturated rings. The Bertz CT molecular complexity index is 90.7. The van der Waals surface area contributed by atoms with E-state index in [1.54, 1.807) is 0 Å². The van der Waals surface area contributed by atoms with Gasteiger partial charge in [-0.3, -0.25) is 0 Å². The molecule has 0 aromatic rings. The molecule has 2 aliphatic rings. The summed E-state index contributed by atoms with van der Waals surface area (Å²) in [7, 11) is 0. The molecule has 0 radical (unpaired) electrons. The Kier molecular flexibility index (Phi) is 0.809. The second-order valence-corrected chi connectivity index (χ2v) is 2.72. The molecule has 2 nitrogen and oxygen atoms in total. The molecule has 0 aromatic carbocycles. The molecular formula is C6H10NO+. The van der Waals surface area contributed by atoms with E-state index in [4.69, 9.17) is 4.74 Å². The van der Waals surface area contributed by atoms with Crippen LogP contribution in [0.1, 0.15) is 6.42 Å². The fourth-order valence-corrected chi connectivity index (χ4v) is 1.31. The third-order valence-electron chi connectivity index (χ3n) is 1.98. The molecule has 2 heteroatoms. The zero-order chi connectivity index (χ0) is 5.45. The zero-order valence-corrected chi connectivity index (χ0v) is 4.81. The average molecular weight is 112 g/mol. The van der Waals surface area contributed by atoms with Crippen LogP contribution in [0, 0.1) is 12.0 Å². The predicted octanol–water partition coefficient (Wildman–Crippen LogP) is 0.158. The van der Waals surface area contributed by atoms with Crippen molar-refractivity contribution in [1.29, 1.82) is 0 Å².